The number of nitrogens with zero attached hydrogens (tertiary/aromatic N) is 4. The van der Waals surface area contributed by atoms with E-state index in [1.165, 1.54) is 23.5 Å². The lowest BCUT2D eigenvalue weighted by Crippen LogP contribution is -2.35. The Hall–Kier alpha value is -2.82. The number of benzene rings is 1. The number of methoxy groups -OCH3 is 1. The highest BCUT2D eigenvalue weighted by Gasteiger charge is 2.18. The molecule has 0 unspecified atom stereocenters. The van der Waals surface area contributed by atoms with Crippen molar-refractivity contribution in [3.63, 3.8) is 0 Å². The number of likely N-dealkylation sites (N-methyl/N-ethyl adjacent to an activating group) is 1. The van der Waals surface area contributed by atoms with Crippen LogP contribution in [-0.4, -0.2) is 55.0 Å². The van der Waals surface area contributed by atoms with Crippen molar-refractivity contribution in [1.29, 1.82) is 0 Å². The Morgan fingerprint density at radius 1 is 1.24 bits per heavy atom. The normalized spacial score (nSPS) is 11.4. The zero-order valence-corrected chi connectivity index (χ0v) is 17.8. The van der Waals surface area contributed by atoms with Gasteiger partial charge in [-0.15, -0.1) is 0 Å². The van der Waals surface area contributed by atoms with Gasteiger partial charge in [0, 0.05) is 30.1 Å². The predicted octanol–water partition coefficient (Wildman–Crippen LogP) is 3.88. The standard InChI is InChI=1S/C19H20N4O4S2/c1-21(2)10-11-22(17(24)8-5-14-6-9-18(28-14)23(25)26)19-20-15-7-4-13(27-3)12-16(15)29-19/h4-9,12H,10-11H2,1-3H3/b8-5+. The van der Waals surface area contributed by atoms with Crippen LogP contribution < -0.4 is 9.64 Å². The SMILES string of the molecule is COc1ccc2nc(N(CCN(C)C)C(=O)/C=C/c3ccc([N+](=O)[O-])s3)sc2c1. The maximum Gasteiger partial charge on any atom is 0.324 e. The van der Waals surface area contributed by atoms with Crippen LogP contribution in [0.4, 0.5) is 10.1 Å². The van der Waals surface area contributed by atoms with E-state index in [-0.39, 0.29) is 10.9 Å². The highest BCUT2D eigenvalue weighted by Crippen LogP contribution is 2.32. The molecule has 0 fully saturated rings. The van der Waals surface area contributed by atoms with E-state index < -0.39 is 4.92 Å². The highest BCUT2D eigenvalue weighted by molar-refractivity contribution is 7.22. The van der Waals surface area contributed by atoms with E-state index in [1.54, 1.807) is 24.2 Å². The smallest absolute Gasteiger partial charge is 0.324 e. The Balaban J connectivity index is 1.86. The number of thiazole rings is 1. The van der Waals surface area contributed by atoms with Gasteiger partial charge < -0.3 is 9.64 Å². The van der Waals surface area contributed by atoms with Crippen molar-refractivity contribution in [2.45, 2.75) is 0 Å². The van der Waals surface area contributed by atoms with Crippen molar-refractivity contribution >= 4 is 55.0 Å². The monoisotopic (exact) mass is 432 g/mol. The summed E-state index contributed by atoms with van der Waals surface area (Å²) in [6.07, 6.45) is 3.02. The lowest BCUT2D eigenvalue weighted by Gasteiger charge is -2.20. The first-order valence-electron chi connectivity index (χ1n) is 8.70. The Morgan fingerprint density at radius 2 is 2.03 bits per heavy atom. The van der Waals surface area contributed by atoms with Crippen molar-refractivity contribution < 1.29 is 14.5 Å². The van der Waals surface area contributed by atoms with Crippen LogP contribution in [0.5, 0.6) is 5.75 Å². The molecule has 152 valence electrons. The molecule has 3 rings (SSSR count). The highest BCUT2D eigenvalue weighted by atomic mass is 32.1. The molecule has 1 amide bonds. The number of carbonyl (C=O) groups excluding carboxylic acids is 1. The average molecular weight is 433 g/mol. The number of aromatic nitrogens is 1. The van der Waals surface area contributed by atoms with Gasteiger partial charge in [0.15, 0.2) is 5.13 Å². The van der Waals surface area contributed by atoms with E-state index >= 15 is 0 Å². The Morgan fingerprint density at radius 3 is 2.69 bits per heavy atom. The van der Waals surface area contributed by atoms with Crippen LogP contribution in [0, 0.1) is 10.1 Å². The lowest BCUT2D eigenvalue weighted by atomic mass is 10.3. The molecule has 2 aromatic heterocycles. The van der Waals surface area contributed by atoms with Crippen molar-refractivity contribution in [3.8, 4) is 5.75 Å². The predicted molar refractivity (Wildman–Crippen MR) is 117 cm³/mol. The number of thiophene rings is 1. The van der Waals surface area contributed by atoms with Crippen LogP contribution in [0.25, 0.3) is 16.3 Å². The van der Waals surface area contributed by atoms with Crippen LogP contribution in [0.2, 0.25) is 0 Å². The van der Waals surface area contributed by atoms with Crippen LogP contribution in [0.15, 0.2) is 36.4 Å². The van der Waals surface area contributed by atoms with E-state index in [1.807, 2.05) is 37.2 Å². The number of ether oxygens (including phenoxy) is 1. The van der Waals surface area contributed by atoms with Crippen LogP contribution >= 0.6 is 22.7 Å². The number of anilines is 1. The summed E-state index contributed by atoms with van der Waals surface area (Å²) in [4.78, 5) is 32.1. The van der Waals surface area contributed by atoms with E-state index in [9.17, 15) is 14.9 Å². The zero-order chi connectivity index (χ0) is 21.0. The molecule has 3 aromatic rings. The largest absolute Gasteiger partial charge is 0.497 e. The third kappa shape index (κ3) is 5.17. The molecule has 0 atom stereocenters. The molecule has 0 aliphatic heterocycles. The molecular weight excluding hydrogens is 412 g/mol. The molecule has 0 aliphatic carbocycles. The Bertz CT molecular complexity index is 1060. The molecule has 2 heterocycles. The summed E-state index contributed by atoms with van der Waals surface area (Å²) < 4.78 is 6.19. The summed E-state index contributed by atoms with van der Waals surface area (Å²) in [5.41, 5.74) is 0.798. The van der Waals surface area contributed by atoms with Crippen molar-refractivity contribution in [2.75, 3.05) is 39.2 Å². The molecule has 10 heteroatoms. The number of hydrogen-bond acceptors (Lipinski definition) is 8. The van der Waals surface area contributed by atoms with Gasteiger partial charge in [-0.05, 0) is 44.4 Å². The number of carbonyl (C=O) groups is 1. The molecule has 0 bridgehead atoms. The fourth-order valence-corrected chi connectivity index (χ4v) is 4.26. The van der Waals surface area contributed by atoms with Crippen molar-refractivity contribution in [3.05, 3.63) is 51.4 Å². The van der Waals surface area contributed by atoms with Gasteiger partial charge in [-0.2, -0.15) is 0 Å². The molecule has 1 aromatic carbocycles. The maximum absolute atomic E-state index is 12.9. The molecule has 0 aliphatic rings. The topological polar surface area (TPSA) is 88.8 Å². The lowest BCUT2D eigenvalue weighted by molar-refractivity contribution is -0.380. The van der Waals surface area contributed by atoms with Gasteiger partial charge in [-0.3, -0.25) is 19.8 Å². The van der Waals surface area contributed by atoms with Crippen molar-refractivity contribution in [2.24, 2.45) is 0 Å². The average Bonchev–Trinajstić information content (AvgIpc) is 3.32. The summed E-state index contributed by atoms with van der Waals surface area (Å²) in [7, 11) is 5.48. The van der Waals surface area contributed by atoms with Gasteiger partial charge in [0.25, 0.3) is 5.91 Å². The van der Waals surface area contributed by atoms with Crippen molar-refractivity contribution in [1.82, 2.24) is 9.88 Å². The third-order valence-corrected chi connectivity index (χ3v) is 6.08. The van der Waals surface area contributed by atoms with E-state index in [4.69, 9.17) is 4.74 Å². The fraction of sp³-hybridized carbons (Fsp3) is 0.263. The number of fused-ring (bicyclic) bond motifs is 1. The fourth-order valence-electron chi connectivity index (χ4n) is 2.51. The second-order valence-electron chi connectivity index (χ2n) is 6.39. The number of amides is 1. The van der Waals surface area contributed by atoms with E-state index in [0.717, 1.165) is 27.3 Å². The van der Waals surface area contributed by atoms with Crippen LogP contribution in [-0.2, 0) is 4.79 Å². The minimum Gasteiger partial charge on any atom is -0.497 e. The summed E-state index contributed by atoms with van der Waals surface area (Å²) in [5.74, 6) is 0.506. The quantitative estimate of drug-likeness (QED) is 0.305. The first kappa shape index (κ1) is 20.9. The second-order valence-corrected chi connectivity index (χ2v) is 8.49. The molecule has 8 nitrogen and oxygen atoms in total. The maximum atomic E-state index is 12.9. The van der Waals surface area contributed by atoms with Gasteiger partial charge in [0.05, 0.1) is 22.2 Å². The minimum absolute atomic E-state index is 0.0432. The zero-order valence-electron chi connectivity index (χ0n) is 16.2. The van der Waals surface area contributed by atoms with Gasteiger partial charge in [0.1, 0.15) is 5.75 Å². The molecule has 0 radical (unpaired) electrons. The van der Waals surface area contributed by atoms with Gasteiger partial charge in [-0.1, -0.05) is 22.7 Å². The summed E-state index contributed by atoms with van der Waals surface area (Å²) in [6, 6.07) is 8.65. The molecule has 0 N–H and O–H groups in total. The number of nitro groups is 1. The van der Waals surface area contributed by atoms with Gasteiger partial charge >= 0.3 is 5.00 Å². The molecule has 0 spiro atoms. The van der Waals surface area contributed by atoms with Gasteiger partial charge in [0.2, 0.25) is 0 Å². The second kappa shape index (κ2) is 9.12. The van der Waals surface area contributed by atoms with Gasteiger partial charge in [-0.25, -0.2) is 4.98 Å². The summed E-state index contributed by atoms with van der Waals surface area (Å²) in [6.45, 7) is 1.14. The van der Waals surface area contributed by atoms with Crippen LogP contribution in [0.1, 0.15) is 4.88 Å². The Kier molecular flexibility index (Phi) is 6.57. The molecule has 0 saturated carbocycles. The molecule has 0 saturated heterocycles. The van der Waals surface area contributed by atoms with E-state index in [0.29, 0.717) is 23.1 Å². The first-order chi connectivity index (χ1) is 13.9. The molecule has 29 heavy (non-hydrogen) atoms. The first-order valence-corrected chi connectivity index (χ1v) is 10.3. The number of rotatable bonds is 8. The molecular formula is C19H20N4O4S2. The Labute approximate surface area is 175 Å². The third-order valence-electron chi connectivity index (χ3n) is 4.03. The minimum atomic E-state index is -0.442. The van der Waals surface area contributed by atoms with Crippen LogP contribution in [0.3, 0.4) is 0 Å². The summed E-state index contributed by atoms with van der Waals surface area (Å²) >= 11 is 2.44. The number of hydrogen-bond donors (Lipinski definition) is 0. The summed E-state index contributed by atoms with van der Waals surface area (Å²) in [5, 5.41) is 11.5. The van der Waals surface area contributed by atoms with E-state index in [2.05, 4.69) is 4.98 Å².